The minimum Gasteiger partial charge on any atom is -0.480 e. The summed E-state index contributed by atoms with van der Waals surface area (Å²) in [5.74, 6) is -0.240. The van der Waals surface area contributed by atoms with E-state index in [2.05, 4.69) is 5.32 Å². The molecule has 2 N–H and O–H groups in total. The van der Waals surface area contributed by atoms with Crippen LogP contribution in [0, 0.1) is 11.8 Å². The van der Waals surface area contributed by atoms with Gasteiger partial charge in [0.2, 0.25) is 0 Å². The maximum atomic E-state index is 11.9. The van der Waals surface area contributed by atoms with Crippen LogP contribution in [0.4, 0.5) is 4.79 Å². The molecule has 1 aliphatic heterocycles. The van der Waals surface area contributed by atoms with E-state index in [0.29, 0.717) is 19.0 Å². The highest BCUT2D eigenvalue weighted by Crippen LogP contribution is 2.28. The molecule has 2 rings (SSSR count). The lowest BCUT2D eigenvalue weighted by Gasteiger charge is -2.37. The summed E-state index contributed by atoms with van der Waals surface area (Å²) in [5.41, 5.74) is 0. The Morgan fingerprint density at radius 2 is 2.06 bits per heavy atom. The van der Waals surface area contributed by atoms with E-state index in [1.807, 2.05) is 6.92 Å². The van der Waals surface area contributed by atoms with Crippen LogP contribution in [-0.4, -0.2) is 41.1 Å². The minimum atomic E-state index is -0.890. The summed E-state index contributed by atoms with van der Waals surface area (Å²) in [6.45, 7) is 3.15. The van der Waals surface area contributed by atoms with Crippen molar-refractivity contribution < 1.29 is 14.7 Å². The molecule has 1 saturated heterocycles. The van der Waals surface area contributed by atoms with Gasteiger partial charge in [0.25, 0.3) is 0 Å². The molecule has 0 bridgehead atoms. The Labute approximate surface area is 101 Å². The van der Waals surface area contributed by atoms with E-state index in [4.69, 9.17) is 0 Å². The monoisotopic (exact) mass is 240 g/mol. The Bertz CT molecular complexity index is 315. The summed E-state index contributed by atoms with van der Waals surface area (Å²) in [6, 6.07) is -0.876. The average molecular weight is 240 g/mol. The smallest absolute Gasteiger partial charge is 0.326 e. The number of carboxylic acid groups (broad SMARTS) is 1. The molecular formula is C12H20N2O3. The molecule has 1 aliphatic carbocycles. The van der Waals surface area contributed by atoms with E-state index in [-0.39, 0.29) is 11.9 Å². The molecule has 2 amide bonds. The quantitative estimate of drug-likeness (QED) is 0.781. The Kier molecular flexibility index (Phi) is 3.54. The number of hydrogen-bond donors (Lipinski definition) is 2. The van der Waals surface area contributed by atoms with Crippen molar-refractivity contribution >= 4 is 12.0 Å². The van der Waals surface area contributed by atoms with Crippen LogP contribution >= 0.6 is 0 Å². The maximum Gasteiger partial charge on any atom is 0.326 e. The van der Waals surface area contributed by atoms with Crippen LogP contribution in [-0.2, 0) is 4.79 Å². The number of piperidine rings is 1. The second-order valence-corrected chi connectivity index (χ2v) is 5.23. The predicted octanol–water partition coefficient (Wildman–Crippen LogP) is 1.29. The van der Waals surface area contributed by atoms with Crippen molar-refractivity contribution in [3.63, 3.8) is 0 Å². The largest absolute Gasteiger partial charge is 0.480 e. The van der Waals surface area contributed by atoms with E-state index in [0.717, 1.165) is 12.8 Å². The summed E-state index contributed by atoms with van der Waals surface area (Å²) in [6.07, 6.45) is 4.13. The normalized spacial score (nSPS) is 28.9. The van der Waals surface area contributed by atoms with Gasteiger partial charge in [0.15, 0.2) is 0 Å². The van der Waals surface area contributed by atoms with Crippen molar-refractivity contribution in [1.29, 1.82) is 0 Å². The van der Waals surface area contributed by atoms with Crippen LogP contribution in [0.1, 0.15) is 32.6 Å². The van der Waals surface area contributed by atoms with Gasteiger partial charge < -0.3 is 15.3 Å². The number of urea groups is 1. The van der Waals surface area contributed by atoms with E-state index < -0.39 is 12.0 Å². The lowest BCUT2D eigenvalue weighted by Crippen LogP contribution is -2.55. The molecule has 0 spiro atoms. The molecule has 5 heteroatoms. The lowest BCUT2D eigenvalue weighted by atomic mass is 9.91. The summed E-state index contributed by atoms with van der Waals surface area (Å²) >= 11 is 0. The van der Waals surface area contributed by atoms with Crippen molar-refractivity contribution in [1.82, 2.24) is 10.2 Å². The average Bonchev–Trinajstić information content (AvgIpc) is 3.08. The standard InChI is InChI=1S/C12H20N2O3/c1-8-3-2-6-14(10(8)11(15)16)12(17)13-7-9-4-5-9/h8-10H,2-7H2,1H3,(H,13,17)(H,15,16). The SMILES string of the molecule is CC1CCCN(C(=O)NCC2CC2)C1C(=O)O. The number of carbonyl (C=O) groups is 2. The number of rotatable bonds is 3. The topological polar surface area (TPSA) is 69.6 Å². The van der Waals surface area contributed by atoms with Crippen molar-refractivity contribution in [2.45, 2.75) is 38.6 Å². The Morgan fingerprint density at radius 3 is 2.65 bits per heavy atom. The zero-order valence-electron chi connectivity index (χ0n) is 10.2. The number of carbonyl (C=O) groups excluding carboxylic acids is 1. The van der Waals surface area contributed by atoms with Crippen LogP contribution < -0.4 is 5.32 Å². The summed E-state index contributed by atoms with van der Waals surface area (Å²) in [7, 11) is 0. The molecule has 0 aromatic heterocycles. The molecule has 96 valence electrons. The maximum absolute atomic E-state index is 11.9. The van der Waals surface area contributed by atoms with Crippen LogP contribution in [0.25, 0.3) is 0 Å². The van der Waals surface area contributed by atoms with Crippen molar-refractivity contribution in [3.8, 4) is 0 Å². The number of amides is 2. The molecule has 0 aromatic carbocycles. The first kappa shape index (κ1) is 12.2. The number of nitrogens with one attached hydrogen (secondary N) is 1. The molecule has 2 aliphatic rings. The fraction of sp³-hybridized carbons (Fsp3) is 0.833. The molecular weight excluding hydrogens is 220 g/mol. The number of aliphatic carboxylic acids is 1. The molecule has 2 fully saturated rings. The van der Waals surface area contributed by atoms with E-state index in [9.17, 15) is 14.7 Å². The van der Waals surface area contributed by atoms with Gasteiger partial charge in [-0.25, -0.2) is 9.59 Å². The Hall–Kier alpha value is -1.26. The Morgan fingerprint density at radius 1 is 1.35 bits per heavy atom. The molecule has 5 nitrogen and oxygen atoms in total. The Balaban J connectivity index is 1.94. The van der Waals surface area contributed by atoms with Crippen LogP contribution in [0.5, 0.6) is 0 Å². The fourth-order valence-electron chi connectivity index (χ4n) is 2.45. The summed E-state index contributed by atoms with van der Waals surface area (Å²) < 4.78 is 0. The molecule has 2 unspecified atom stereocenters. The van der Waals surface area contributed by atoms with Crippen LogP contribution in [0.15, 0.2) is 0 Å². The van der Waals surface area contributed by atoms with E-state index in [1.54, 1.807) is 0 Å². The van der Waals surface area contributed by atoms with Gasteiger partial charge in [-0.2, -0.15) is 0 Å². The highest BCUT2D eigenvalue weighted by molar-refractivity contribution is 5.83. The first-order valence-electron chi connectivity index (χ1n) is 6.37. The number of carboxylic acids is 1. The first-order valence-corrected chi connectivity index (χ1v) is 6.37. The van der Waals surface area contributed by atoms with E-state index >= 15 is 0 Å². The molecule has 0 aromatic rings. The molecule has 1 heterocycles. The van der Waals surface area contributed by atoms with Crippen LogP contribution in [0.2, 0.25) is 0 Å². The number of hydrogen-bond acceptors (Lipinski definition) is 2. The number of nitrogens with zero attached hydrogens (tertiary/aromatic N) is 1. The molecule has 1 saturated carbocycles. The van der Waals surface area contributed by atoms with Crippen molar-refractivity contribution in [2.75, 3.05) is 13.1 Å². The third-order valence-corrected chi connectivity index (χ3v) is 3.69. The van der Waals surface area contributed by atoms with Gasteiger partial charge in [0.1, 0.15) is 6.04 Å². The highest BCUT2D eigenvalue weighted by atomic mass is 16.4. The van der Waals surface area contributed by atoms with Gasteiger partial charge in [-0.1, -0.05) is 6.92 Å². The first-order chi connectivity index (χ1) is 8.09. The summed E-state index contributed by atoms with van der Waals surface area (Å²) in [5, 5.41) is 12.0. The molecule has 17 heavy (non-hydrogen) atoms. The lowest BCUT2D eigenvalue weighted by molar-refractivity contribution is -0.145. The van der Waals surface area contributed by atoms with Gasteiger partial charge in [0.05, 0.1) is 0 Å². The highest BCUT2D eigenvalue weighted by Gasteiger charge is 2.37. The van der Waals surface area contributed by atoms with Crippen molar-refractivity contribution in [3.05, 3.63) is 0 Å². The van der Waals surface area contributed by atoms with E-state index in [1.165, 1.54) is 17.7 Å². The zero-order valence-corrected chi connectivity index (χ0v) is 10.2. The minimum absolute atomic E-state index is 0.0351. The third-order valence-electron chi connectivity index (χ3n) is 3.69. The van der Waals surface area contributed by atoms with Crippen molar-refractivity contribution in [2.24, 2.45) is 11.8 Å². The van der Waals surface area contributed by atoms with Gasteiger partial charge in [-0.05, 0) is 37.5 Å². The third kappa shape index (κ3) is 2.90. The van der Waals surface area contributed by atoms with Gasteiger partial charge >= 0.3 is 12.0 Å². The van der Waals surface area contributed by atoms with Gasteiger partial charge in [-0.3, -0.25) is 0 Å². The second kappa shape index (κ2) is 4.94. The van der Waals surface area contributed by atoms with Crippen LogP contribution in [0.3, 0.4) is 0 Å². The predicted molar refractivity (Wildman–Crippen MR) is 62.7 cm³/mol. The van der Waals surface area contributed by atoms with Gasteiger partial charge in [-0.15, -0.1) is 0 Å². The fourth-order valence-corrected chi connectivity index (χ4v) is 2.45. The second-order valence-electron chi connectivity index (χ2n) is 5.23. The zero-order chi connectivity index (χ0) is 12.4. The number of likely N-dealkylation sites (tertiary alicyclic amines) is 1. The molecule has 0 radical (unpaired) electrons. The van der Waals surface area contributed by atoms with Gasteiger partial charge in [0, 0.05) is 13.1 Å². The summed E-state index contributed by atoms with van der Waals surface area (Å²) in [4.78, 5) is 24.6. The molecule has 2 atom stereocenters.